The fourth-order valence-electron chi connectivity index (χ4n) is 2.81. The van der Waals surface area contributed by atoms with Crippen molar-refractivity contribution in [2.45, 2.75) is 65.8 Å². The molecule has 0 aliphatic heterocycles. The molecule has 1 rings (SSSR count). The van der Waals surface area contributed by atoms with E-state index in [-0.39, 0.29) is 5.97 Å². The first-order valence-corrected chi connectivity index (χ1v) is 7.38. The molecular formula is C15H29NO2. The third kappa shape index (κ3) is 4.60. The first-order valence-electron chi connectivity index (χ1n) is 7.38. The fourth-order valence-corrected chi connectivity index (χ4v) is 2.81. The summed E-state index contributed by atoms with van der Waals surface area (Å²) in [5.41, 5.74) is 0.464. The van der Waals surface area contributed by atoms with Crippen LogP contribution in [0.25, 0.3) is 0 Å². The van der Waals surface area contributed by atoms with E-state index >= 15 is 0 Å². The van der Waals surface area contributed by atoms with E-state index < -0.39 is 0 Å². The van der Waals surface area contributed by atoms with Gasteiger partial charge in [-0.05, 0) is 43.9 Å². The molecule has 0 aromatic heterocycles. The first kappa shape index (κ1) is 15.5. The summed E-state index contributed by atoms with van der Waals surface area (Å²) in [7, 11) is 0. The Morgan fingerprint density at radius 1 is 1.22 bits per heavy atom. The maximum atomic E-state index is 11.3. The molecule has 1 aliphatic rings. The minimum Gasteiger partial charge on any atom is -0.465 e. The Morgan fingerprint density at radius 3 is 2.33 bits per heavy atom. The lowest BCUT2D eigenvalue weighted by Crippen LogP contribution is -2.39. The number of hydrogen-bond donors (Lipinski definition) is 1. The number of carbonyl (C=O) groups is 1. The Bertz CT molecular complexity index is 255. The lowest BCUT2D eigenvalue weighted by Gasteiger charge is -2.39. The zero-order chi connectivity index (χ0) is 13.6. The Hall–Kier alpha value is -0.570. The van der Waals surface area contributed by atoms with Crippen molar-refractivity contribution in [1.82, 2.24) is 5.32 Å². The van der Waals surface area contributed by atoms with Crippen LogP contribution in [0.5, 0.6) is 0 Å². The Balaban J connectivity index is 2.25. The highest BCUT2D eigenvalue weighted by Gasteiger charge is 2.31. The van der Waals surface area contributed by atoms with Gasteiger partial charge >= 0.3 is 5.97 Å². The van der Waals surface area contributed by atoms with Crippen LogP contribution in [0.4, 0.5) is 0 Å². The molecule has 3 heteroatoms. The topological polar surface area (TPSA) is 38.3 Å². The highest BCUT2D eigenvalue weighted by molar-refractivity contribution is 5.71. The van der Waals surface area contributed by atoms with Gasteiger partial charge in [-0.2, -0.15) is 0 Å². The average Bonchev–Trinajstić information content (AvgIpc) is 2.37. The maximum Gasteiger partial charge on any atom is 0.319 e. The van der Waals surface area contributed by atoms with Gasteiger partial charge in [0.25, 0.3) is 0 Å². The second kappa shape index (κ2) is 7.13. The molecule has 1 saturated carbocycles. The molecule has 0 spiro atoms. The number of hydrogen-bond acceptors (Lipinski definition) is 3. The summed E-state index contributed by atoms with van der Waals surface area (Å²) in [5.74, 6) is 0.705. The molecular weight excluding hydrogens is 226 g/mol. The molecule has 1 aliphatic carbocycles. The summed E-state index contributed by atoms with van der Waals surface area (Å²) in [6.45, 7) is 9.72. The molecule has 0 atom stereocenters. The Kier molecular flexibility index (Phi) is 6.13. The van der Waals surface area contributed by atoms with E-state index in [0.717, 1.165) is 5.92 Å². The molecule has 0 heterocycles. The summed E-state index contributed by atoms with van der Waals surface area (Å²) >= 11 is 0. The average molecular weight is 255 g/mol. The standard InChI is InChI=1S/C15H29NO2/c1-5-15(3,4)12-7-9-13(10-8-12)16-11-14(17)18-6-2/h12-13,16H,5-11H2,1-4H3. The summed E-state index contributed by atoms with van der Waals surface area (Å²) in [4.78, 5) is 11.3. The number of carbonyl (C=O) groups excluding carboxylic acids is 1. The molecule has 3 nitrogen and oxygen atoms in total. The zero-order valence-corrected chi connectivity index (χ0v) is 12.4. The van der Waals surface area contributed by atoms with Gasteiger partial charge in [-0.1, -0.05) is 27.2 Å². The van der Waals surface area contributed by atoms with Gasteiger partial charge in [-0.15, -0.1) is 0 Å². The van der Waals surface area contributed by atoms with Crippen molar-refractivity contribution in [2.24, 2.45) is 11.3 Å². The Morgan fingerprint density at radius 2 is 1.83 bits per heavy atom. The SMILES string of the molecule is CCOC(=O)CNC1CCC(C(C)(C)CC)CC1. The van der Waals surface area contributed by atoms with Crippen LogP contribution >= 0.6 is 0 Å². The molecule has 0 aromatic rings. The molecule has 0 unspecified atom stereocenters. The first-order chi connectivity index (χ1) is 8.49. The van der Waals surface area contributed by atoms with E-state index in [2.05, 4.69) is 26.1 Å². The third-order valence-electron chi connectivity index (χ3n) is 4.58. The van der Waals surface area contributed by atoms with E-state index in [1.54, 1.807) is 0 Å². The van der Waals surface area contributed by atoms with Crippen LogP contribution in [0.2, 0.25) is 0 Å². The van der Waals surface area contributed by atoms with Crippen LogP contribution in [0.15, 0.2) is 0 Å². The van der Waals surface area contributed by atoms with Crippen LogP contribution in [0.3, 0.4) is 0 Å². The van der Waals surface area contributed by atoms with Crippen molar-refractivity contribution in [2.75, 3.05) is 13.2 Å². The number of esters is 1. The number of ether oxygens (including phenoxy) is 1. The predicted molar refractivity (Wildman–Crippen MR) is 74.5 cm³/mol. The Labute approximate surface area is 112 Å². The van der Waals surface area contributed by atoms with Crippen LogP contribution in [-0.2, 0) is 9.53 Å². The smallest absolute Gasteiger partial charge is 0.319 e. The monoisotopic (exact) mass is 255 g/mol. The van der Waals surface area contributed by atoms with Crippen molar-refractivity contribution >= 4 is 5.97 Å². The van der Waals surface area contributed by atoms with Crippen molar-refractivity contribution in [3.63, 3.8) is 0 Å². The largest absolute Gasteiger partial charge is 0.465 e. The molecule has 1 N–H and O–H groups in total. The lowest BCUT2D eigenvalue weighted by atomic mass is 9.69. The molecule has 106 valence electrons. The van der Waals surface area contributed by atoms with Gasteiger partial charge in [0.05, 0.1) is 13.2 Å². The highest BCUT2D eigenvalue weighted by atomic mass is 16.5. The molecule has 0 amide bonds. The van der Waals surface area contributed by atoms with Gasteiger partial charge in [-0.3, -0.25) is 4.79 Å². The summed E-state index contributed by atoms with van der Waals surface area (Å²) in [6, 6.07) is 0.498. The second-order valence-electron chi connectivity index (χ2n) is 6.08. The van der Waals surface area contributed by atoms with E-state index in [9.17, 15) is 4.79 Å². The maximum absolute atomic E-state index is 11.3. The van der Waals surface area contributed by atoms with Crippen LogP contribution < -0.4 is 5.32 Å². The third-order valence-corrected chi connectivity index (χ3v) is 4.58. The number of rotatable bonds is 6. The van der Waals surface area contributed by atoms with Crippen molar-refractivity contribution < 1.29 is 9.53 Å². The zero-order valence-electron chi connectivity index (χ0n) is 12.4. The summed E-state index contributed by atoms with van der Waals surface area (Å²) in [6.07, 6.45) is 6.18. The second-order valence-corrected chi connectivity index (χ2v) is 6.08. The van der Waals surface area contributed by atoms with E-state index in [1.807, 2.05) is 6.92 Å². The van der Waals surface area contributed by atoms with Gasteiger partial charge in [0.2, 0.25) is 0 Å². The summed E-state index contributed by atoms with van der Waals surface area (Å²) < 4.78 is 4.92. The minimum atomic E-state index is -0.131. The quantitative estimate of drug-likeness (QED) is 0.741. The van der Waals surface area contributed by atoms with Crippen LogP contribution in [0, 0.1) is 11.3 Å². The highest BCUT2D eigenvalue weighted by Crippen LogP contribution is 2.40. The van der Waals surface area contributed by atoms with Crippen molar-refractivity contribution in [1.29, 1.82) is 0 Å². The van der Waals surface area contributed by atoms with Crippen LogP contribution in [-0.4, -0.2) is 25.2 Å². The van der Waals surface area contributed by atoms with Gasteiger partial charge in [-0.25, -0.2) is 0 Å². The lowest BCUT2D eigenvalue weighted by molar-refractivity contribution is -0.142. The molecule has 0 aromatic carbocycles. The normalized spacial score (nSPS) is 24.9. The summed E-state index contributed by atoms with van der Waals surface area (Å²) in [5, 5.41) is 3.32. The van der Waals surface area contributed by atoms with Gasteiger partial charge in [0.1, 0.15) is 0 Å². The predicted octanol–water partition coefficient (Wildman–Crippen LogP) is 3.13. The molecule has 0 radical (unpaired) electrons. The minimum absolute atomic E-state index is 0.131. The molecule has 0 saturated heterocycles. The van der Waals surface area contributed by atoms with Crippen molar-refractivity contribution in [3.05, 3.63) is 0 Å². The van der Waals surface area contributed by atoms with E-state index in [1.165, 1.54) is 32.1 Å². The number of nitrogens with one attached hydrogen (secondary N) is 1. The van der Waals surface area contributed by atoms with E-state index in [0.29, 0.717) is 24.6 Å². The molecule has 18 heavy (non-hydrogen) atoms. The van der Waals surface area contributed by atoms with Gasteiger partial charge in [0, 0.05) is 6.04 Å². The molecule has 1 fully saturated rings. The van der Waals surface area contributed by atoms with Crippen LogP contribution in [0.1, 0.15) is 59.8 Å². The van der Waals surface area contributed by atoms with Crippen molar-refractivity contribution in [3.8, 4) is 0 Å². The van der Waals surface area contributed by atoms with Gasteiger partial charge in [0.15, 0.2) is 0 Å². The fraction of sp³-hybridized carbons (Fsp3) is 0.933. The van der Waals surface area contributed by atoms with Gasteiger partial charge < -0.3 is 10.1 Å². The molecule has 0 bridgehead atoms. The van der Waals surface area contributed by atoms with E-state index in [4.69, 9.17) is 4.74 Å².